The Hall–Kier alpha value is -5.12. The van der Waals surface area contributed by atoms with Gasteiger partial charge in [-0.15, -0.1) is 53.8 Å². The van der Waals surface area contributed by atoms with E-state index in [2.05, 4.69) is 211 Å². The van der Waals surface area contributed by atoms with Crippen LogP contribution in [0.3, 0.4) is 0 Å². The fraction of sp³-hybridized carbons (Fsp3) is 0.333. The van der Waals surface area contributed by atoms with Crippen LogP contribution in [0.5, 0.6) is 11.5 Å². The van der Waals surface area contributed by atoms with Gasteiger partial charge in [0.15, 0.2) is 0 Å². The molecular formula is C57H63N4OPt-3. The Morgan fingerprint density at radius 3 is 1.81 bits per heavy atom. The van der Waals surface area contributed by atoms with E-state index >= 15 is 0 Å². The number of benzene rings is 5. The molecule has 0 saturated carbocycles. The summed E-state index contributed by atoms with van der Waals surface area (Å²) >= 11 is 0. The molecule has 330 valence electrons. The van der Waals surface area contributed by atoms with Crippen molar-refractivity contribution in [2.75, 3.05) is 9.80 Å². The molecule has 0 bridgehead atoms. The number of hydrogen-bond donors (Lipinski definition) is 0. The summed E-state index contributed by atoms with van der Waals surface area (Å²) < 4.78 is 28.0. The molecule has 0 spiro atoms. The van der Waals surface area contributed by atoms with Crippen molar-refractivity contribution < 1.29 is 28.5 Å². The van der Waals surface area contributed by atoms with E-state index in [0.717, 1.165) is 50.0 Å². The van der Waals surface area contributed by atoms with E-state index in [1.807, 2.05) is 23.8 Å². The van der Waals surface area contributed by atoms with Crippen molar-refractivity contribution in [3.63, 3.8) is 0 Å². The predicted octanol–water partition coefficient (Wildman–Crippen LogP) is 15.0. The number of pyridine rings is 1. The van der Waals surface area contributed by atoms with Gasteiger partial charge in [0, 0.05) is 50.0 Å². The predicted molar refractivity (Wildman–Crippen MR) is 261 cm³/mol. The van der Waals surface area contributed by atoms with E-state index in [4.69, 9.17) is 9.72 Å². The Labute approximate surface area is 394 Å². The molecule has 63 heavy (non-hydrogen) atoms. The van der Waals surface area contributed by atoms with Crippen LogP contribution in [0.2, 0.25) is 0 Å². The Balaban J connectivity index is 0.00000630. The van der Waals surface area contributed by atoms with Crippen LogP contribution < -0.4 is 14.5 Å². The molecule has 0 unspecified atom stereocenters. The van der Waals surface area contributed by atoms with Gasteiger partial charge in [0.05, 0.1) is 2.74 Å². The quantitative estimate of drug-likeness (QED) is 0.149. The summed E-state index contributed by atoms with van der Waals surface area (Å²) in [6.45, 7) is 32.9. The molecule has 0 amide bonds. The average molecular weight is 1020 g/mol. The molecule has 7 aromatic rings. The van der Waals surface area contributed by atoms with Crippen molar-refractivity contribution in [1.82, 2.24) is 9.55 Å². The topological polar surface area (TPSA) is 33.5 Å². The summed E-state index contributed by atoms with van der Waals surface area (Å²) in [6.07, 6.45) is 2.03. The molecule has 0 saturated heterocycles. The van der Waals surface area contributed by atoms with Gasteiger partial charge in [-0.25, -0.2) is 4.98 Å². The average Bonchev–Trinajstić information content (AvgIpc) is 3.72. The van der Waals surface area contributed by atoms with Gasteiger partial charge >= 0.3 is 0 Å². The summed E-state index contributed by atoms with van der Waals surface area (Å²) in [5.74, 6) is 1.86. The van der Waals surface area contributed by atoms with Crippen molar-refractivity contribution >= 4 is 33.2 Å². The number of hydrogen-bond acceptors (Lipinski definition) is 4. The SMILES string of the molecule is [2H]C1=C([2H])N(c2cc(C(C)(C)C)cc(C(C)(C)C)c2)[CH-]N1c1[c-]c(Oc2[c-]c3c(c(C(C)(C)C)c2)c2ccccc2n3-c2cc(C(C)(C)C)ccn2)cc(C(C)(C)c2ccccc2)c1.[Pt]. The van der Waals surface area contributed by atoms with Crippen LogP contribution in [-0.4, -0.2) is 9.55 Å². The molecule has 8 rings (SSSR count). The molecule has 0 radical (unpaired) electrons. The van der Waals surface area contributed by atoms with Crippen LogP contribution in [0, 0.1) is 18.8 Å². The van der Waals surface area contributed by atoms with E-state index in [1.165, 1.54) is 16.7 Å². The molecule has 0 fully saturated rings. The van der Waals surface area contributed by atoms with E-state index in [1.54, 1.807) is 4.90 Å². The Kier molecular flexibility index (Phi) is 11.3. The summed E-state index contributed by atoms with van der Waals surface area (Å²) in [5, 5.41) is 2.25. The number of aromatic nitrogens is 2. The second-order valence-corrected chi connectivity index (χ2v) is 21.6. The van der Waals surface area contributed by atoms with Crippen LogP contribution >= 0.6 is 0 Å². The molecule has 5 aromatic carbocycles. The van der Waals surface area contributed by atoms with Crippen LogP contribution in [0.1, 0.15) is 133 Å². The third-order valence-electron chi connectivity index (χ3n) is 12.3. The first-order valence-corrected chi connectivity index (χ1v) is 21.9. The molecule has 0 atom stereocenters. The first-order chi connectivity index (χ1) is 29.8. The minimum Gasteiger partial charge on any atom is -0.509 e. The zero-order chi connectivity index (χ0) is 46.3. The summed E-state index contributed by atoms with van der Waals surface area (Å²) in [7, 11) is 0. The second-order valence-electron chi connectivity index (χ2n) is 21.6. The first kappa shape index (κ1) is 43.1. The van der Waals surface area contributed by atoms with Gasteiger partial charge in [0.2, 0.25) is 0 Å². The van der Waals surface area contributed by atoms with Crippen molar-refractivity contribution in [1.29, 1.82) is 0 Å². The number of fused-ring (bicyclic) bond motifs is 3. The minimum atomic E-state index is -0.457. The number of nitrogens with zero attached hydrogens (tertiary/aromatic N) is 4. The van der Waals surface area contributed by atoms with Crippen LogP contribution in [0.25, 0.3) is 27.6 Å². The molecule has 0 N–H and O–H groups in total. The monoisotopic (exact) mass is 1020 g/mol. The Bertz CT molecular complexity index is 2910. The largest absolute Gasteiger partial charge is 0.509 e. The molecule has 6 heteroatoms. The van der Waals surface area contributed by atoms with Gasteiger partial charge in [0.1, 0.15) is 5.82 Å². The normalized spacial score (nSPS) is 14.6. The van der Waals surface area contributed by atoms with Crippen molar-refractivity contribution in [2.45, 2.75) is 124 Å². The number of rotatable bonds is 7. The van der Waals surface area contributed by atoms with E-state index in [-0.39, 0.29) is 55.1 Å². The molecule has 5 nitrogen and oxygen atoms in total. The summed E-state index contributed by atoms with van der Waals surface area (Å²) in [6, 6.07) is 43.4. The maximum Gasteiger partial charge on any atom is 0.135 e. The molecule has 0 aliphatic carbocycles. The first-order valence-electron chi connectivity index (χ1n) is 22.9. The summed E-state index contributed by atoms with van der Waals surface area (Å²) in [4.78, 5) is 8.51. The second kappa shape index (κ2) is 16.5. The van der Waals surface area contributed by atoms with Crippen LogP contribution in [-0.2, 0) is 48.1 Å². The van der Waals surface area contributed by atoms with Crippen LogP contribution in [0.15, 0.2) is 122 Å². The smallest absolute Gasteiger partial charge is 0.135 e. The minimum absolute atomic E-state index is 0. The number of para-hydroxylation sites is 1. The van der Waals surface area contributed by atoms with Gasteiger partial charge in [-0.1, -0.05) is 162 Å². The van der Waals surface area contributed by atoms with E-state index in [9.17, 15) is 2.74 Å². The maximum atomic E-state index is 9.42. The zero-order valence-corrected chi connectivity index (χ0v) is 41.8. The molecule has 3 heterocycles. The van der Waals surface area contributed by atoms with Gasteiger partial charge in [-0.05, 0) is 97.4 Å². The standard InChI is InChI=1S/C57H63N4O.Pt/c1-53(2,3)39-24-25-58-51(33-39)61-49-23-19-18-22-47(49)52-48(56(10,11)12)35-46(36-50(52)61)62-45-32-42(57(13,14)38-20-16-15-17-21-38)31-44(34-45)60-27-26-59(37-60)43-29-40(54(4,5)6)28-41(30-43)55(7,8)9;/h15-33,35,37H,1-14H3;/q-3;/i26D,27D;. The fourth-order valence-corrected chi connectivity index (χ4v) is 8.24. The van der Waals surface area contributed by atoms with Gasteiger partial charge in [0.25, 0.3) is 0 Å². The van der Waals surface area contributed by atoms with Crippen molar-refractivity contribution in [2.24, 2.45) is 0 Å². The van der Waals surface area contributed by atoms with Gasteiger partial charge in [-0.2, -0.15) is 0 Å². The third kappa shape index (κ3) is 9.14. The Morgan fingerprint density at radius 2 is 1.17 bits per heavy atom. The Morgan fingerprint density at radius 1 is 0.571 bits per heavy atom. The molecule has 1 aliphatic heterocycles. The summed E-state index contributed by atoms with van der Waals surface area (Å²) in [5.41, 5.74) is 9.17. The van der Waals surface area contributed by atoms with Crippen molar-refractivity contribution in [3.05, 3.63) is 174 Å². The van der Waals surface area contributed by atoms with E-state index in [0.29, 0.717) is 17.2 Å². The van der Waals surface area contributed by atoms with Crippen LogP contribution in [0.4, 0.5) is 11.4 Å². The van der Waals surface area contributed by atoms with Gasteiger partial charge in [-0.3, -0.25) is 0 Å². The zero-order valence-electron chi connectivity index (χ0n) is 41.5. The molecule has 1 aliphatic rings. The van der Waals surface area contributed by atoms with Gasteiger partial charge < -0.3 is 19.1 Å². The molecule has 2 aromatic heterocycles. The third-order valence-corrected chi connectivity index (χ3v) is 12.3. The number of anilines is 2. The van der Waals surface area contributed by atoms with E-state index < -0.39 is 5.41 Å². The molecular weight excluding hydrogens is 952 g/mol. The van der Waals surface area contributed by atoms with Crippen molar-refractivity contribution in [3.8, 4) is 17.3 Å². The maximum absolute atomic E-state index is 9.42. The fourth-order valence-electron chi connectivity index (χ4n) is 8.24. The number of ether oxygens (including phenoxy) is 1.